The van der Waals surface area contributed by atoms with Gasteiger partial charge in [-0.2, -0.15) is 0 Å². The van der Waals surface area contributed by atoms with Crippen molar-refractivity contribution >= 4 is 11.1 Å². The molecule has 0 atom stereocenters. The summed E-state index contributed by atoms with van der Waals surface area (Å²) < 4.78 is 11.8. The molecule has 5 heteroatoms. The Morgan fingerprint density at radius 2 is 2.00 bits per heavy atom. The molecule has 1 aromatic carbocycles. The lowest BCUT2D eigenvalue weighted by atomic mass is 10.2. The molecule has 1 N–H and O–H groups in total. The van der Waals surface area contributed by atoms with Crippen molar-refractivity contribution in [2.75, 3.05) is 7.11 Å². The molecule has 102 valence electrons. The Bertz CT molecular complexity index is 799. The number of fused-ring (bicyclic) bond motifs is 1. The zero-order valence-electron chi connectivity index (χ0n) is 10.9. The molecule has 20 heavy (non-hydrogen) atoms. The molecule has 0 saturated carbocycles. The Kier molecular flexibility index (Phi) is 2.95. The number of methoxy groups -OCH3 is 1. The van der Waals surface area contributed by atoms with Gasteiger partial charge in [0.1, 0.15) is 5.75 Å². The van der Waals surface area contributed by atoms with Gasteiger partial charge in [0.2, 0.25) is 0 Å². The molecule has 0 fully saturated rings. The van der Waals surface area contributed by atoms with Gasteiger partial charge in [-0.25, -0.2) is 0 Å². The lowest BCUT2D eigenvalue weighted by Crippen LogP contribution is -2.19. The van der Waals surface area contributed by atoms with E-state index in [4.69, 9.17) is 9.15 Å². The summed E-state index contributed by atoms with van der Waals surface area (Å²) in [6, 6.07) is 10.3. The van der Waals surface area contributed by atoms with Gasteiger partial charge in [0.05, 0.1) is 25.4 Å². The zero-order chi connectivity index (χ0) is 14.1. The van der Waals surface area contributed by atoms with Gasteiger partial charge < -0.3 is 18.8 Å². The van der Waals surface area contributed by atoms with Gasteiger partial charge in [-0.1, -0.05) is 12.1 Å². The van der Waals surface area contributed by atoms with E-state index in [9.17, 15) is 9.90 Å². The predicted octanol–water partition coefficient (Wildman–Crippen LogP) is 2.36. The Hall–Kier alpha value is -2.69. The van der Waals surface area contributed by atoms with Crippen molar-refractivity contribution in [3.63, 3.8) is 0 Å². The second kappa shape index (κ2) is 4.77. The molecule has 0 aliphatic carbocycles. The number of hydrogen-bond donors (Lipinski definition) is 1. The predicted molar refractivity (Wildman–Crippen MR) is 74.2 cm³/mol. The van der Waals surface area contributed by atoms with Gasteiger partial charge in [0.25, 0.3) is 5.56 Å². The highest BCUT2D eigenvalue weighted by molar-refractivity contribution is 5.79. The molecule has 2 aromatic heterocycles. The first-order chi connectivity index (χ1) is 9.69. The highest BCUT2D eigenvalue weighted by Crippen LogP contribution is 2.23. The molecular weight excluding hydrogens is 258 g/mol. The second-order valence-corrected chi connectivity index (χ2v) is 4.44. The third-order valence-electron chi connectivity index (χ3n) is 3.19. The maximum absolute atomic E-state index is 12.0. The molecular formula is C15H13NO4. The van der Waals surface area contributed by atoms with E-state index in [1.807, 2.05) is 24.3 Å². The summed E-state index contributed by atoms with van der Waals surface area (Å²) in [7, 11) is 1.61. The first kappa shape index (κ1) is 12.3. The maximum Gasteiger partial charge on any atom is 0.255 e. The maximum atomic E-state index is 12.0. The SMILES string of the molecule is COc1ccc(Cn2c(=O)cc(O)c3occc32)cc1. The normalized spacial score (nSPS) is 10.8. The minimum absolute atomic E-state index is 0.138. The molecule has 0 aliphatic rings. The Labute approximate surface area is 114 Å². The molecule has 0 radical (unpaired) electrons. The van der Waals surface area contributed by atoms with Gasteiger partial charge in [0.15, 0.2) is 11.3 Å². The van der Waals surface area contributed by atoms with Crippen LogP contribution in [-0.4, -0.2) is 16.8 Å². The largest absolute Gasteiger partial charge is 0.504 e. The highest BCUT2D eigenvalue weighted by Gasteiger charge is 2.11. The van der Waals surface area contributed by atoms with Crippen molar-refractivity contribution in [3.05, 3.63) is 58.6 Å². The van der Waals surface area contributed by atoms with Crippen LogP contribution in [0.15, 0.2) is 51.9 Å². The second-order valence-electron chi connectivity index (χ2n) is 4.44. The number of furan rings is 1. The van der Waals surface area contributed by atoms with Crippen LogP contribution in [0, 0.1) is 0 Å². The summed E-state index contributed by atoms with van der Waals surface area (Å²) in [5.41, 5.74) is 1.58. The minimum atomic E-state index is -0.271. The van der Waals surface area contributed by atoms with Gasteiger partial charge in [-0.15, -0.1) is 0 Å². The van der Waals surface area contributed by atoms with Gasteiger partial charge >= 0.3 is 0 Å². The fourth-order valence-corrected chi connectivity index (χ4v) is 2.16. The van der Waals surface area contributed by atoms with Crippen molar-refractivity contribution in [1.29, 1.82) is 0 Å². The molecule has 2 heterocycles. The van der Waals surface area contributed by atoms with Crippen LogP contribution in [0.25, 0.3) is 11.1 Å². The summed E-state index contributed by atoms with van der Waals surface area (Å²) in [5, 5.41) is 9.68. The molecule has 5 nitrogen and oxygen atoms in total. The molecule has 3 aromatic rings. The van der Waals surface area contributed by atoms with E-state index in [1.54, 1.807) is 17.7 Å². The fraction of sp³-hybridized carbons (Fsp3) is 0.133. The number of nitrogens with zero attached hydrogens (tertiary/aromatic N) is 1. The van der Waals surface area contributed by atoms with Crippen molar-refractivity contribution in [2.24, 2.45) is 0 Å². The molecule has 3 rings (SSSR count). The summed E-state index contributed by atoms with van der Waals surface area (Å²) in [6.45, 7) is 0.402. The smallest absolute Gasteiger partial charge is 0.255 e. The number of aromatic nitrogens is 1. The number of aromatic hydroxyl groups is 1. The first-order valence-electron chi connectivity index (χ1n) is 6.12. The van der Waals surface area contributed by atoms with Gasteiger partial charge in [-0.3, -0.25) is 4.79 Å². The number of benzene rings is 1. The van der Waals surface area contributed by atoms with E-state index in [2.05, 4.69) is 0 Å². The summed E-state index contributed by atoms with van der Waals surface area (Å²) in [4.78, 5) is 12.0. The zero-order valence-corrected chi connectivity index (χ0v) is 10.9. The first-order valence-corrected chi connectivity index (χ1v) is 6.12. The van der Waals surface area contributed by atoms with Crippen LogP contribution in [0.2, 0.25) is 0 Å². The average molecular weight is 271 g/mol. The summed E-state index contributed by atoms with van der Waals surface area (Å²) in [6.07, 6.45) is 1.45. The molecule has 0 spiro atoms. The monoisotopic (exact) mass is 271 g/mol. The number of pyridine rings is 1. The third kappa shape index (κ3) is 2.03. The topological polar surface area (TPSA) is 64.6 Å². The quantitative estimate of drug-likeness (QED) is 0.794. The summed E-state index contributed by atoms with van der Waals surface area (Å²) in [5.74, 6) is 0.626. The Morgan fingerprint density at radius 1 is 1.25 bits per heavy atom. The molecule has 0 bridgehead atoms. The van der Waals surface area contributed by atoms with E-state index in [1.165, 1.54) is 6.26 Å². The van der Waals surface area contributed by atoms with Crippen LogP contribution >= 0.6 is 0 Å². The number of ether oxygens (including phenoxy) is 1. The van der Waals surface area contributed by atoms with Crippen LogP contribution in [-0.2, 0) is 6.54 Å². The Balaban J connectivity index is 2.05. The Morgan fingerprint density at radius 3 is 2.70 bits per heavy atom. The van der Waals surface area contributed by atoms with Crippen LogP contribution in [0.4, 0.5) is 0 Å². The standard InChI is InChI=1S/C15H13NO4/c1-19-11-4-2-10(3-5-11)9-16-12-6-7-20-15(12)13(17)8-14(16)18/h2-8,17H,9H2,1H3. The number of rotatable bonds is 3. The minimum Gasteiger partial charge on any atom is -0.504 e. The lowest BCUT2D eigenvalue weighted by Gasteiger charge is -2.08. The van der Waals surface area contributed by atoms with Crippen LogP contribution < -0.4 is 10.3 Å². The van der Waals surface area contributed by atoms with E-state index in [0.29, 0.717) is 17.6 Å². The van der Waals surface area contributed by atoms with E-state index < -0.39 is 0 Å². The van der Waals surface area contributed by atoms with E-state index in [-0.39, 0.29) is 11.3 Å². The third-order valence-corrected chi connectivity index (χ3v) is 3.19. The lowest BCUT2D eigenvalue weighted by molar-refractivity contribution is 0.414. The molecule has 0 saturated heterocycles. The van der Waals surface area contributed by atoms with Crippen LogP contribution in [0.1, 0.15) is 5.56 Å². The highest BCUT2D eigenvalue weighted by atomic mass is 16.5. The van der Waals surface area contributed by atoms with Gasteiger partial charge in [0, 0.05) is 12.1 Å². The van der Waals surface area contributed by atoms with Crippen molar-refractivity contribution < 1.29 is 14.3 Å². The van der Waals surface area contributed by atoms with Crippen molar-refractivity contribution in [1.82, 2.24) is 4.57 Å². The average Bonchev–Trinajstić information content (AvgIpc) is 2.94. The number of hydrogen-bond acceptors (Lipinski definition) is 4. The fourth-order valence-electron chi connectivity index (χ4n) is 2.16. The van der Waals surface area contributed by atoms with E-state index >= 15 is 0 Å². The molecule has 0 aliphatic heterocycles. The summed E-state index contributed by atoms with van der Waals surface area (Å²) >= 11 is 0. The van der Waals surface area contributed by atoms with Crippen molar-refractivity contribution in [2.45, 2.75) is 6.54 Å². The molecule has 0 amide bonds. The van der Waals surface area contributed by atoms with Crippen LogP contribution in [0.5, 0.6) is 11.5 Å². The van der Waals surface area contributed by atoms with E-state index in [0.717, 1.165) is 17.4 Å². The van der Waals surface area contributed by atoms with Crippen molar-refractivity contribution in [3.8, 4) is 11.5 Å². The van der Waals surface area contributed by atoms with Crippen LogP contribution in [0.3, 0.4) is 0 Å². The van der Waals surface area contributed by atoms with Gasteiger partial charge in [-0.05, 0) is 17.7 Å². The molecule has 0 unspecified atom stereocenters.